The summed E-state index contributed by atoms with van der Waals surface area (Å²) in [6.07, 6.45) is 1.36. The molecule has 2 atom stereocenters. The van der Waals surface area contributed by atoms with Crippen LogP contribution in [0, 0.1) is 0 Å². The highest BCUT2D eigenvalue weighted by atomic mass is 32.2. The van der Waals surface area contributed by atoms with Crippen molar-refractivity contribution in [1.29, 1.82) is 0 Å². The number of carboxylic acids is 1. The lowest BCUT2D eigenvalue weighted by Crippen LogP contribution is -2.30. The van der Waals surface area contributed by atoms with Gasteiger partial charge in [0.25, 0.3) is 0 Å². The second-order valence-electron chi connectivity index (χ2n) is 3.04. The van der Waals surface area contributed by atoms with Gasteiger partial charge < -0.3 is 10.8 Å². The quantitative estimate of drug-likeness (QED) is 0.739. The summed E-state index contributed by atoms with van der Waals surface area (Å²) < 4.78 is 11.6. The molecule has 0 aliphatic carbocycles. The summed E-state index contributed by atoms with van der Waals surface area (Å²) in [5.41, 5.74) is 5.51. The number of nitrogens with two attached hydrogens (primary N) is 1. The minimum Gasteiger partial charge on any atom is -0.481 e. The van der Waals surface area contributed by atoms with Crippen LogP contribution in [0.5, 0.6) is 0 Å². The van der Waals surface area contributed by atoms with Crippen LogP contribution in [-0.4, -0.2) is 32.1 Å². The molecule has 0 amide bonds. The molecule has 1 heterocycles. The van der Waals surface area contributed by atoms with E-state index < -0.39 is 22.8 Å². The number of nitrogens with zero attached hydrogens (tertiary/aromatic N) is 1. The van der Waals surface area contributed by atoms with Crippen molar-refractivity contribution in [3.63, 3.8) is 0 Å². The first-order valence-corrected chi connectivity index (χ1v) is 5.68. The van der Waals surface area contributed by atoms with Gasteiger partial charge in [0.05, 0.1) is 17.2 Å². The van der Waals surface area contributed by atoms with Crippen molar-refractivity contribution in [3.8, 4) is 0 Å². The second kappa shape index (κ2) is 5.57. The predicted octanol–water partition coefficient (Wildman–Crippen LogP) is -0.00880. The van der Waals surface area contributed by atoms with E-state index in [4.69, 9.17) is 10.8 Å². The summed E-state index contributed by atoms with van der Waals surface area (Å²) in [6.45, 7) is 0. The van der Waals surface area contributed by atoms with Crippen molar-refractivity contribution >= 4 is 16.8 Å². The largest absolute Gasteiger partial charge is 0.481 e. The third kappa shape index (κ3) is 4.18. The van der Waals surface area contributed by atoms with Gasteiger partial charge in [0.15, 0.2) is 0 Å². The van der Waals surface area contributed by atoms with Crippen LogP contribution >= 0.6 is 0 Å². The average molecular weight is 228 g/mol. The lowest BCUT2D eigenvalue weighted by atomic mass is 10.2. The summed E-state index contributed by atoms with van der Waals surface area (Å²) in [7, 11) is -1.33. The van der Waals surface area contributed by atoms with E-state index >= 15 is 0 Å². The number of rotatable bonds is 5. The summed E-state index contributed by atoms with van der Waals surface area (Å²) in [5.74, 6) is -0.871. The molecule has 0 saturated carbocycles. The molecule has 0 aromatic carbocycles. The Morgan fingerprint density at radius 2 is 2.33 bits per heavy atom. The smallest absolute Gasteiger partial charge is 0.304 e. The van der Waals surface area contributed by atoms with Gasteiger partial charge in [-0.2, -0.15) is 0 Å². The standard InChI is InChI=1S/C9H12N2O3S/c10-7(5-9(12)13)6-15(14)8-3-1-2-4-11-8/h1-4,7H,5-6,10H2,(H,12,13). The number of carboxylic acid groups (broad SMARTS) is 1. The van der Waals surface area contributed by atoms with Gasteiger partial charge >= 0.3 is 5.97 Å². The maximum atomic E-state index is 11.6. The molecular weight excluding hydrogens is 216 g/mol. The van der Waals surface area contributed by atoms with Gasteiger partial charge in [0.1, 0.15) is 5.03 Å². The normalized spacial score (nSPS) is 14.5. The Kier molecular flexibility index (Phi) is 4.38. The number of aromatic nitrogens is 1. The minimum atomic E-state index is -1.33. The molecule has 0 bridgehead atoms. The molecule has 5 nitrogen and oxygen atoms in total. The highest BCUT2D eigenvalue weighted by molar-refractivity contribution is 7.85. The minimum absolute atomic E-state index is 0.114. The van der Waals surface area contributed by atoms with Gasteiger partial charge in [-0.15, -0.1) is 0 Å². The lowest BCUT2D eigenvalue weighted by Gasteiger charge is -2.07. The fourth-order valence-electron chi connectivity index (χ4n) is 1.04. The van der Waals surface area contributed by atoms with Gasteiger partial charge in [-0.25, -0.2) is 4.98 Å². The van der Waals surface area contributed by atoms with E-state index in [-0.39, 0.29) is 12.2 Å². The van der Waals surface area contributed by atoms with Crippen molar-refractivity contribution < 1.29 is 14.1 Å². The summed E-state index contributed by atoms with van der Waals surface area (Å²) >= 11 is 0. The Balaban J connectivity index is 2.53. The third-order valence-electron chi connectivity index (χ3n) is 1.67. The summed E-state index contributed by atoms with van der Waals surface area (Å²) in [6, 6.07) is 4.47. The monoisotopic (exact) mass is 228 g/mol. The molecule has 6 heteroatoms. The van der Waals surface area contributed by atoms with Crippen molar-refractivity contribution in [2.24, 2.45) is 5.73 Å². The third-order valence-corrected chi connectivity index (χ3v) is 3.11. The van der Waals surface area contributed by atoms with E-state index in [0.717, 1.165) is 0 Å². The molecule has 0 aliphatic heterocycles. The first-order chi connectivity index (χ1) is 7.09. The Morgan fingerprint density at radius 1 is 1.60 bits per heavy atom. The van der Waals surface area contributed by atoms with Crippen LogP contribution < -0.4 is 5.73 Å². The number of carbonyl (C=O) groups is 1. The predicted molar refractivity (Wildman–Crippen MR) is 55.7 cm³/mol. The number of hydrogen-bond acceptors (Lipinski definition) is 4. The zero-order valence-corrected chi connectivity index (χ0v) is 8.81. The highest BCUT2D eigenvalue weighted by Crippen LogP contribution is 2.03. The van der Waals surface area contributed by atoms with Crippen molar-refractivity contribution in [1.82, 2.24) is 4.98 Å². The van der Waals surface area contributed by atoms with Crippen LogP contribution in [-0.2, 0) is 15.6 Å². The molecule has 0 saturated heterocycles. The zero-order chi connectivity index (χ0) is 11.3. The Bertz CT molecular complexity index is 356. The van der Waals surface area contributed by atoms with E-state index in [2.05, 4.69) is 4.98 Å². The molecule has 2 unspecified atom stereocenters. The van der Waals surface area contributed by atoms with Gasteiger partial charge in [0, 0.05) is 18.0 Å². The van der Waals surface area contributed by atoms with E-state index in [1.165, 1.54) is 6.20 Å². The first kappa shape index (κ1) is 11.8. The number of pyridine rings is 1. The molecule has 1 rings (SSSR count). The topological polar surface area (TPSA) is 93.3 Å². The van der Waals surface area contributed by atoms with E-state index in [1.807, 2.05) is 0 Å². The molecule has 1 aromatic heterocycles. The Hall–Kier alpha value is -1.27. The van der Waals surface area contributed by atoms with Crippen LogP contribution in [0.4, 0.5) is 0 Å². The van der Waals surface area contributed by atoms with Crippen molar-refractivity contribution in [2.75, 3.05) is 5.75 Å². The number of aliphatic carboxylic acids is 1. The second-order valence-corrected chi connectivity index (χ2v) is 4.48. The van der Waals surface area contributed by atoms with E-state index in [9.17, 15) is 9.00 Å². The molecule has 15 heavy (non-hydrogen) atoms. The molecular formula is C9H12N2O3S. The van der Waals surface area contributed by atoms with Gasteiger partial charge in [-0.1, -0.05) is 6.07 Å². The average Bonchev–Trinajstić information content (AvgIpc) is 2.17. The Labute approximate surface area is 89.8 Å². The molecule has 3 N–H and O–H groups in total. The van der Waals surface area contributed by atoms with Crippen molar-refractivity contribution in [3.05, 3.63) is 24.4 Å². The van der Waals surface area contributed by atoms with Crippen molar-refractivity contribution in [2.45, 2.75) is 17.5 Å². The van der Waals surface area contributed by atoms with E-state index in [1.54, 1.807) is 18.2 Å². The molecule has 0 fully saturated rings. The Morgan fingerprint density at radius 3 is 2.87 bits per heavy atom. The van der Waals surface area contributed by atoms with Crippen LogP contribution in [0.3, 0.4) is 0 Å². The molecule has 82 valence electrons. The molecule has 0 aliphatic rings. The lowest BCUT2D eigenvalue weighted by molar-refractivity contribution is -0.137. The highest BCUT2D eigenvalue weighted by Gasteiger charge is 2.13. The maximum absolute atomic E-state index is 11.6. The van der Waals surface area contributed by atoms with Gasteiger partial charge in [0.2, 0.25) is 0 Å². The summed E-state index contributed by atoms with van der Waals surface area (Å²) in [5, 5.41) is 8.90. The van der Waals surface area contributed by atoms with Gasteiger partial charge in [-0.05, 0) is 12.1 Å². The summed E-state index contributed by atoms with van der Waals surface area (Å²) in [4.78, 5) is 14.2. The number of hydrogen-bond donors (Lipinski definition) is 2. The SMILES string of the molecule is NC(CC(=O)O)CS(=O)c1ccccn1. The fourth-order valence-corrected chi connectivity index (χ4v) is 2.13. The molecule has 1 aromatic rings. The van der Waals surface area contributed by atoms with E-state index in [0.29, 0.717) is 5.03 Å². The molecule has 0 radical (unpaired) electrons. The molecule has 0 spiro atoms. The van der Waals surface area contributed by atoms with Gasteiger partial charge in [-0.3, -0.25) is 9.00 Å². The fraction of sp³-hybridized carbons (Fsp3) is 0.333. The van der Waals surface area contributed by atoms with Crippen LogP contribution in [0.2, 0.25) is 0 Å². The van der Waals surface area contributed by atoms with Crippen LogP contribution in [0.1, 0.15) is 6.42 Å². The first-order valence-electron chi connectivity index (χ1n) is 4.36. The van der Waals surface area contributed by atoms with Crippen LogP contribution in [0.15, 0.2) is 29.4 Å². The van der Waals surface area contributed by atoms with Crippen LogP contribution in [0.25, 0.3) is 0 Å². The zero-order valence-electron chi connectivity index (χ0n) is 8.00. The maximum Gasteiger partial charge on any atom is 0.304 e.